The Labute approximate surface area is 254 Å². The van der Waals surface area contributed by atoms with E-state index in [1.165, 1.54) is 11.1 Å². The van der Waals surface area contributed by atoms with Crippen LogP contribution in [0.25, 0.3) is 11.3 Å². The summed E-state index contributed by atoms with van der Waals surface area (Å²) in [6.45, 7) is 11.2. The van der Waals surface area contributed by atoms with Crippen molar-refractivity contribution in [1.29, 1.82) is 0 Å². The Bertz CT molecular complexity index is 1500. The number of hydrogen-bond donors (Lipinski definition) is 1. The summed E-state index contributed by atoms with van der Waals surface area (Å²) in [7, 11) is -1.21. The predicted molar refractivity (Wildman–Crippen MR) is 166 cm³/mol. The number of benzene rings is 2. The van der Waals surface area contributed by atoms with Crippen LogP contribution in [0.4, 0.5) is 5.82 Å². The average molecular weight is 616 g/mol. The van der Waals surface area contributed by atoms with Crippen LogP contribution >= 0.6 is 23.2 Å². The van der Waals surface area contributed by atoms with Crippen molar-refractivity contribution in [2.75, 3.05) is 24.6 Å². The fourth-order valence-corrected chi connectivity index (χ4v) is 7.23. The first-order valence-electron chi connectivity index (χ1n) is 14.0. The third-order valence-corrected chi connectivity index (χ3v) is 10.5. The molecule has 41 heavy (non-hydrogen) atoms. The summed E-state index contributed by atoms with van der Waals surface area (Å²) in [5.74, 6) is -0.0148. The van der Waals surface area contributed by atoms with Gasteiger partial charge >= 0.3 is 5.97 Å². The molecule has 0 radical (unpaired) electrons. The number of hydrogen-bond acceptors (Lipinski definition) is 6. The molecule has 5 rings (SSSR count). The minimum absolute atomic E-state index is 0.0226. The van der Waals surface area contributed by atoms with Crippen LogP contribution in [0.3, 0.4) is 0 Å². The second-order valence-corrected chi connectivity index (χ2v) is 14.6. The van der Waals surface area contributed by atoms with Gasteiger partial charge in [0, 0.05) is 18.7 Å². The van der Waals surface area contributed by atoms with E-state index in [-0.39, 0.29) is 28.5 Å². The molecule has 1 N–H and O–H groups in total. The van der Waals surface area contributed by atoms with Gasteiger partial charge in [0.25, 0.3) is 0 Å². The summed E-state index contributed by atoms with van der Waals surface area (Å²) in [6.07, 6.45) is 2.59. The Hall–Kier alpha value is -2.52. The lowest BCUT2D eigenvalue weighted by molar-refractivity contribution is 0.0519. The highest BCUT2D eigenvalue weighted by Gasteiger charge is 2.49. The number of nitrogens with one attached hydrogen (secondary N) is 1. The number of esters is 1. The molecule has 0 bridgehead atoms. The van der Waals surface area contributed by atoms with Gasteiger partial charge in [0.15, 0.2) is 11.5 Å². The molecule has 0 amide bonds. The van der Waals surface area contributed by atoms with Crippen molar-refractivity contribution in [3.8, 4) is 11.3 Å². The van der Waals surface area contributed by atoms with Gasteiger partial charge in [-0.2, -0.15) is 0 Å². The number of piperidine rings is 1. The summed E-state index contributed by atoms with van der Waals surface area (Å²) in [4.78, 5) is 25.0. The van der Waals surface area contributed by atoms with Crippen molar-refractivity contribution >= 4 is 46.0 Å². The molecule has 1 spiro atoms. The Morgan fingerprint density at radius 3 is 2.51 bits per heavy atom. The normalized spacial score (nSPS) is 18.8. The molecule has 2 aromatic carbocycles. The highest BCUT2D eigenvalue weighted by Crippen LogP contribution is 2.52. The van der Waals surface area contributed by atoms with Crippen LogP contribution in [-0.2, 0) is 22.1 Å². The minimum Gasteiger partial charge on any atom is -0.461 e. The average Bonchev–Trinajstić information content (AvgIpc) is 3.22. The molecular weight excluding hydrogens is 579 g/mol. The summed E-state index contributed by atoms with van der Waals surface area (Å²) < 4.78 is 21.8. The van der Waals surface area contributed by atoms with Crippen molar-refractivity contribution in [2.45, 2.75) is 64.7 Å². The van der Waals surface area contributed by atoms with Crippen LogP contribution in [0.1, 0.15) is 73.9 Å². The molecule has 1 unspecified atom stereocenters. The molecule has 0 saturated carbocycles. The number of anilines is 1. The van der Waals surface area contributed by atoms with Gasteiger partial charge in [-0.1, -0.05) is 59.6 Å². The highest BCUT2D eigenvalue weighted by molar-refractivity contribution is 7.84. The van der Waals surface area contributed by atoms with Gasteiger partial charge in [0.05, 0.1) is 49.8 Å². The maximum absolute atomic E-state index is 13.3. The summed E-state index contributed by atoms with van der Waals surface area (Å²) in [5, 5.41) is 0.766. The number of aromatic nitrogens is 2. The molecule has 218 valence electrons. The lowest BCUT2D eigenvalue weighted by Gasteiger charge is -2.44. The quantitative estimate of drug-likeness (QED) is 0.305. The highest BCUT2D eigenvalue weighted by atomic mass is 35.5. The first-order chi connectivity index (χ1) is 19.4. The van der Waals surface area contributed by atoms with E-state index in [1.54, 1.807) is 19.1 Å². The van der Waals surface area contributed by atoms with Crippen LogP contribution in [0.5, 0.6) is 0 Å². The fraction of sp³-hybridized carbons (Fsp3) is 0.452. The number of aryl methyl sites for hydroxylation is 1. The zero-order valence-electron chi connectivity index (χ0n) is 24.1. The van der Waals surface area contributed by atoms with Gasteiger partial charge < -0.3 is 9.64 Å². The summed E-state index contributed by atoms with van der Waals surface area (Å²) in [6, 6.07) is 13.8. The third kappa shape index (κ3) is 5.76. The van der Waals surface area contributed by atoms with Crippen LogP contribution in [0.2, 0.25) is 10.0 Å². The van der Waals surface area contributed by atoms with Crippen molar-refractivity contribution < 1.29 is 13.7 Å². The summed E-state index contributed by atoms with van der Waals surface area (Å²) in [5.41, 5.74) is 4.35. The van der Waals surface area contributed by atoms with Gasteiger partial charge in [-0.25, -0.2) is 23.7 Å². The van der Waals surface area contributed by atoms with E-state index < -0.39 is 17.0 Å². The van der Waals surface area contributed by atoms with Crippen LogP contribution < -0.4 is 9.62 Å². The fourth-order valence-electron chi connectivity index (χ4n) is 5.90. The van der Waals surface area contributed by atoms with Crippen molar-refractivity contribution in [2.24, 2.45) is 5.41 Å². The monoisotopic (exact) mass is 614 g/mol. The van der Waals surface area contributed by atoms with Crippen molar-refractivity contribution in [3.05, 3.63) is 75.0 Å². The molecule has 10 heteroatoms. The van der Waals surface area contributed by atoms with Crippen molar-refractivity contribution in [1.82, 2.24) is 14.7 Å². The van der Waals surface area contributed by atoms with Gasteiger partial charge in [-0.15, -0.1) is 0 Å². The molecule has 7 nitrogen and oxygen atoms in total. The van der Waals surface area contributed by atoms with Gasteiger partial charge in [0.1, 0.15) is 0 Å². The van der Waals surface area contributed by atoms with E-state index in [0.29, 0.717) is 45.9 Å². The number of halogens is 2. The molecule has 1 aliphatic heterocycles. The van der Waals surface area contributed by atoms with E-state index in [4.69, 9.17) is 37.9 Å². The van der Waals surface area contributed by atoms with E-state index >= 15 is 0 Å². The Morgan fingerprint density at radius 2 is 1.83 bits per heavy atom. The van der Waals surface area contributed by atoms with E-state index in [0.717, 1.165) is 19.3 Å². The third-order valence-electron chi connectivity index (χ3n) is 8.09. The SMILES string of the molecule is CCOC(=O)c1nc(-c2cccc(Cl)c2Cl)c(C)nc1N1CCC2(CC1)Cc1ccccc1[C@H]2NS(=O)C(C)(C)C. The number of carbonyl (C=O) groups excluding carboxylic acids is 1. The largest absolute Gasteiger partial charge is 0.461 e. The summed E-state index contributed by atoms with van der Waals surface area (Å²) >= 11 is 12.8. The number of nitrogens with zero attached hydrogens (tertiary/aromatic N) is 3. The lowest BCUT2D eigenvalue weighted by Crippen LogP contribution is -2.48. The zero-order chi connectivity index (χ0) is 29.5. The number of ether oxygens (including phenoxy) is 1. The number of rotatable bonds is 6. The maximum Gasteiger partial charge on any atom is 0.360 e. The Kier molecular flexibility index (Phi) is 8.50. The number of fused-ring (bicyclic) bond motifs is 1. The predicted octanol–water partition coefficient (Wildman–Crippen LogP) is 6.87. The minimum atomic E-state index is -1.21. The molecular formula is C31H36Cl2N4O3S. The van der Waals surface area contributed by atoms with Crippen molar-refractivity contribution in [3.63, 3.8) is 0 Å². The van der Waals surface area contributed by atoms with E-state index in [9.17, 15) is 9.00 Å². The van der Waals surface area contributed by atoms with E-state index in [2.05, 4.69) is 33.9 Å². The molecule has 1 saturated heterocycles. The Morgan fingerprint density at radius 1 is 1.12 bits per heavy atom. The second kappa shape index (κ2) is 11.6. The van der Waals surface area contributed by atoms with Crippen LogP contribution in [-0.4, -0.2) is 44.6 Å². The number of carbonyl (C=O) groups is 1. The van der Waals surface area contributed by atoms with Gasteiger partial charge in [-0.3, -0.25) is 0 Å². The second-order valence-electron chi connectivity index (χ2n) is 11.8. The van der Waals surface area contributed by atoms with Crippen LogP contribution in [0, 0.1) is 12.3 Å². The first kappa shape index (κ1) is 30.0. The Balaban J connectivity index is 1.48. The molecule has 2 heterocycles. The molecule has 2 atom stereocenters. The molecule has 1 fully saturated rings. The molecule has 3 aromatic rings. The van der Waals surface area contributed by atoms with Gasteiger partial charge in [-0.05, 0) is 76.5 Å². The zero-order valence-corrected chi connectivity index (χ0v) is 26.4. The van der Waals surface area contributed by atoms with Gasteiger partial charge in [0.2, 0.25) is 0 Å². The standard InChI is InChI=1S/C31H36Cl2N4O3S/c1-6-40-29(38)26-28(34-19(2)25(35-26)22-12-9-13-23(32)24(22)33)37-16-14-31(15-17-37)18-20-10-7-8-11-21(20)27(31)36-41(39)30(3,4)5/h7-13,27,36H,6,14-18H2,1-5H3/t27-,41?/m1/s1. The lowest BCUT2D eigenvalue weighted by atomic mass is 9.73. The smallest absolute Gasteiger partial charge is 0.360 e. The molecule has 1 aromatic heterocycles. The first-order valence-corrected chi connectivity index (χ1v) is 15.9. The van der Waals surface area contributed by atoms with Crippen LogP contribution in [0.15, 0.2) is 42.5 Å². The topological polar surface area (TPSA) is 84.4 Å². The molecule has 2 aliphatic rings. The molecule has 1 aliphatic carbocycles. The maximum atomic E-state index is 13.3. The van der Waals surface area contributed by atoms with E-state index in [1.807, 2.05) is 33.8 Å².